The fraction of sp³-hybridized carbons (Fsp3) is 0.500. The highest BCUT2D eigenvalue weighted by atomic mass is 16.5. The molecule has 4 nitrogen and oxygen atoms in total. The zero-order chi connectivity index (χ0) is 13.2. The van der Waals surface area contributed by atoms with Gasteiger partial charge < -0.3 is 15.8 Å². The van der Waals surface area contributed by atoms with Crippen LogP contribution in [0.15, 0.2) is 24.3 Å². The fourth-order valence-corrected chi connectivity index (χ4v) is 1.78. The molecule has 1 rings (SSSR count). The van der Waals surface area contributed by atoms with Crippen LogP contribution < -0.4 is 11.1 Å². The molecule has 0 aromatic heterocycles. The number of nitrogens with two attached hydrogens (primary N) is 1. The minimum absolute atomic E-state index is 0.220. The lowest BCUT2D eigenvalue weighted by atomic mass is 10.1. The molecule has 0 fully saturated rings. The summed E-state index contributed by atoms with van der Waals surface area (Å²) in [5.41, 5.74) is 7.51. The van der Waals surface area contributed by atoms with Crippen molar-refractivity contribution in [2.24, 2.45) is 5.73 Å². The number of benzene rings is 1. The van der Waals surface area contributed by atoms with Gasteiger partial charge in [0.1, 0.15) is 0 Å². The molecule has 0 heterocycles. The standard InChI is InChI=1S/C14H22N2O2/c1-18-11-13-6-4-5-12(9-13)10-16-8-3-2-7-14(15)17/h4-6,9,16H,2-3,7-8,10-11H2,1H3,(H2,15,17). The van der Waals surface area contributed by atoms with Crippen LogP contribution >= 0.6 is 0 Å². The topological polar surface area (TPSA) is 64.3 Å². The summed E-state index contributed by atoms with van der Waals surface area (Å²) in [4.78, 5) is 10.5. The minimum Gasteiger partial charge on any atom is -0.380 e. The van der Waals surface area contributed by atoms with Crippen LogP contribution in [-0.2, 0) is 22.7 Å². The summed E-state index contributed by atoms with van der Waals surface area (Å²) in [6, 6.07) is 8.33. The zero-order valence-corrected chi connectivity index (χ0v) is 10.9. The number of methoxy groups -OCH3 is 1. The van der Waals surface area contributed by atoms with Crippen molar-refractivity contribution in [3.05, 3.63) is 35.4 Å². The van der Waals surface area contributed by atoms with Crippen LogP contribution in [0.25, 0.3) is 0 Å². The highest BCUT2D eigenvalue weighted by Crippen LogP contribution is 2.06. The van der Waals surface area contributed by atoms with E-state index >= 15 is 0 Å². The van der Waals surface area contributed by atoms with Gasteiger partial charge in [-0.1, -0.05) is 24.3 Å². The number of hydrogen-bond acceptors (Lipinski definition) is 3. The molecule has 0 aliphatic carbocycles. The molecule has 0 atom stereocenters. The molecule has 100 valence electrons. The van der Waals surface area contributed by atoms with Gasteiger partial charge in [0.15, 0.2) is 0 Å². The van der Waals surface area contributed by atoms with E-state index in [0.29, 0.717) is 13.0 Å². The third kappa shape index (κ3) is 6.37. The molecule has 0 aliphatic rings. The smallest absolute Gasteiger partial charge is 0.217 e. The van der Waals surface area contributed by atoms with E-state index in [1.165, 1.54) is 11.1 Å². The van der Waals surface area contributed by atoms with E-state index in [-0.39, 0.29) is 5.91 Å². The van der Waals surface area contributed by atoms with Gasteiger partial charge in [-0.3, -0.25) is 4.79 Å². The van der Waals surface area contributed by atoms with Crippen molar-refractivity contribution in [3.63, 3.8) is 0 Å². The average molecular weight is 250 g/mol. The van der Waals surface area contributed by atoms with Crippen molar-refractivity contribution < 1.29 is 9.53 Å². The Morgan fingerprint density at radius 1 is 1.33 bits per heavy atom. The van der Waals surface area contributed by atoms with E-state index in [4.69, 9.17) is 10.5 Å². The maximum absolute atomic E-state index is 10.5. The van der Waals surface area contributed by atoms with Crippen molar-refractivity contribution in [2.45, 2.75) is 32.4 Å². The number of unbranched alkanes of at least 4 members (excludes halogenated alkanes) is 1. The first-order chi connectivity index (χ1) is 8.72. The van der Waals surface area contributed by atoms with Crippen LogP contribution in [0.5, 0.6) is 0 Å². The van der Waals surface area contributed by atoms with Crippen LogP contribution in [0.3, 0.4) is 0 Å². The quantitative estimate of drug-likeness (QED) is 0.654. The molecule has 0 saturated carbocycles. The Morgan fingerprint density at radius 3 is 2.83 bits per heavy atom. The number of carbonyl (C=O) groups is 1. The Hall–Kier alpha value is -1.39. The lowest BCUT2D eigenvalue weighted by molar-refractivity contribution is -0.118. The molecule has 0 saturated heterocycles. The van der Waals surface area contributed by atoms with Crippen LogP contribution in [0.2, 0.25) is 0 Å². The number of ether oxygens (including phenoxy) is 1. The first-order valence-corrected chi connectivity index (χ1v) is 6.28. The van der Waals surface area contributed by atoms with E-state index in [0.717, 1.165) is 25.9 Å². The summed E-state index contributed by atoms with van der Waals surface area (Å²) in [5.74, 6) is -0.220. The van der Waals surface area contributed by atoms with Gasteiger partial charge in [-0.25, -0.2) is 0 Å². The summed E-state index contributed by atoms with van der Waals surface area (Å²) >= 11 is 0. The second-order valence-electron chi connectivity index (χ2n) is 4.35. The molecule has 4 heteroatoms. The minimum atomic E-state index is -0.220. The third-order valence-electron chi connectivity index (χ3n) is 2.66. The normalized spacial score (nSPS) is 10.5. The van der Waals surface area contributed by atoms with Gasteiger partial charge in [0.05, 0.1) is 6.61 Å². The van der Waals surface area contributed by atoms with E-state index < -0.39 is 0 Å². The van der Waals surface area contributed by atoms with Gasteiger partial charge in [0, 0.05) is 20.1 Å². The van der Waals surface area contributed by atoms with Crippen LogP contribution in [0.1, 0.15) is 30.4 Å². The molecule has 1 aromatic carbocycles. The largest absolute Gasteiger partial charge is 0.380 e. The number of primary amides is 1. The Labute approximate surface area is 109 Å². The lowest BCUT2D eigenvalue weighted by Crippen LogP contribution is -2.16. The molecule has 1 aromatic rings. The molecule has 0 radical (unpaired) electrons. The van der Waals surface area contributed by atoms with E-state index in [9.17, 15) is 4.79 Å². The fourth-order valence-electron chi connectivity index (χ4n) is 1.78. The lowest BCUT2D eigenvalue weighted by Gasteiger charge is -2.06. The predicted octanol–water partition coefficient (Wildman–Crippen LogP) is 1.58. The maximum Gasteiger partial charge on any atom is 0.217 e. The first kappa shape index (κ1) is 14.7. The molecule has 18 heavy (non-hydrogen) atoms. The van der Waals surface area contributed by atoms with E-state index in [1.54, 1.807) is 7.11 Å². The van der Waals surface area contributed by atoms with Gasteiger partial charge in [-0.05, 0) is 30.5 Å². The number of carbonyl (C=O) groups excluding carboxylic acids is 1. The summed E-state index contributed by atoms with van der Waals surface area (Å²) in [7, 11) is 1.70. The monoisotopic (exact) mass is 250 g/mol. The molecular formula is C14H22N2O2. The highest BCUT2D eigenvalue weighted by molar-refractivity contribution is 5.73. The van der Waals surface area contributed by atoms with Crippen molar-refractivity contribution in [1.82, 2.24) is 5.32 Å². The number of nitrogens with one attached hydrogen (secondary N) is 1. The predicted molar refractivity (Wildman–Crippen MR) is 71.9 cm³/mol. The number of hydrogen-bond donors (Lipinski definition) is 2. The van der Waals surface area contributed by atoms with E-state index in [1.807, 2.05) is 6.07 Å². The Kier molecular flexibility index (Phi) is 7.06. The van der Waals surface area contributed by atoms with Crippen molar-refractivity contribution >= 4 is 5.91 Å². The first-order valence-electron chi connectivity index (χ1n) is 6.28. The van der Waals surface area contributed by atoms with Crippen molar-refractivity contribution in [2.75, 3.05) is 13.7 Å². The van der Waals surface area contributed by atoms with Crippen LogP contribution in [-0.4, -0.2) is 19.6 Å². The molecule has 0 unspecified atom stereocenters. The molecule has 1 amide bonds. The maximum atomic E-state index is 10.5. The second-order valence-corrected chi connectivity index (χ2v) is 4.35. The summed E-state index contributed by atoms with van der Waals surface area (Å²) in [6.07, 6.45) is 2.30. The molecular weight excluding hydrogens is 228 g/mol. The van der Waals surface area contributed by atoms with Gasteiger partial charge >= 0.3 is 0 Å². The van der Waals surface area contributed by atoms with Gasteiger partial charge in [-0.15, -0.1) is 0 Å². The third-order valence-corrected chi connectivity index (χ3v) is 2.66. The Bertz CT molecular complexity index is 367. The van der Waals surface area contributed by atoms with E-state index in [2.05, 4.69) is 23.5 Å². The molecule has 0 spiro atoms. The second kappa shape index (κ2) is 8.66. The zero-order valence-electron chi connectivity index (χ0n) is 10.9. The Balaban J connectivity index is 2.18. The van der Waals surface area contributed by atoms with Crippen LogP contribution in [0.4, 0.5) is 0 Å². The summed E-state index contributed by atoms with van der Waals surface area (Å²) in [5, 5.41) is 3.35. The van der Waals surface area contributed by atoms with Gasteiger partial charge in [0.2, 0.25) is 5.91 Å². The highest BCUT2D eigenvalue weighted by Gasteiger charge is 1.97. The molecule has 0 aliphatic heterocycles. The van der Waals surface area contributed by atoms with Crippen LogP contribution in [0, 0.1) is 0 Å². The van der Waals surface area contributed by atoms with Crippen molar-refractivity contribution in [3.8, 4) is 0 Å². The SMILES string of the molecule is COCc1cccc(CNCCCCC(N)=O)c1. The van der Waals surface area contributed by atoms with Gasteiger partial charge in [-0.2, -0.15) is 0 Å². The van der Waals surface area contributed by atoms with Crippen molar-refractivity contribution in [1.29, 1.82) is 0 Å². The number of amides is 1. The average Bonchev–Trinajstić information content (AvgIpc) is 2.34. The number of rotatable bonds is 9. The molecule has 0 bridgehead atoms. The summed E-state index contributed by atoms with van der Waals surface area (Å²) < 4.78 is 5.10. The van der Waals surface area contributed by atoms with Gasteiger partial charge in [0.25, 0.3) is 0 Å². The summed E-state index contributed by atoms with van der Waals surface area (Å²) in [6.45, 7) is 2.39. The Morgan fingerprint density at radius 2 is 2.11 bits per heavy atom. The molecule has 3 N–H and O–H groups in total.